The van der Waals surface area contributed by atoms with Crippen LogP contribution in [-0.4, -0.2) is 33.3 Å². The van der Waals surface area contributed by atoms with E-state index in [4.69, 9.17) is 9.47 Å². The van der Waals surface area contributed by atoms with Crippen molar-refractivity contribution in [3.05, 3.63) is 60.2 Å². The van der Waals surface area contributed by atoms with Crippen molar-refractivity contribution in [1.29, 1.82) is 0 Å². The maximum Gasteiger partial charge on any atom is 0.176 e. The number of benzene rings is 3. The molecule has 0 spiro atoms. The van der Waals surface area contributed by atoms with Crippen LogP contribution in [-0.2, 0) is 9.47 Å². The first-order valence-corrected chi connectivity index (χ1v) is 7.29. The zero-order chi connectivity index (χ0) is 15.4. The Morgan fingerprint density at radius 1 is 0.909 bits per heavy atom. The van der Waals surface area contributed by atoms with Gasteiger partial charge >= 0.3 is 0 Å². The SMILES string of the molecule is COC(CN=Cc1ccc2c(ccc3ccccc32)c1)OC. The van der Waals surface area contributed by atoms with Gasteiger partial charge < -0.3 is 9.47 Å². The number of fused-ring (bicyclic) bond motifs is 3. The Morgan fingerprint density at radius 2 is 1.64 bits per heavy atom. The van der Waals surface area contributed by atoms with Gasteiger partial charge in [-0.1, -0.05) is 48.5 Å². The van der Waals surface area contributed by atoms with Crippen molar-refractivity contribution in [2.75, 3.05) is 20.8 Å². The van der Waals surface area contributed by atoms with Crippen LogP contribution in [0.3, 0.4) is 0 Å². The van der Waals surface area contributed by atoms with Gasteiger partial charge in [0.05, 0.1) is 6.54 Å². The van der Waals surface area contributed by atoms with Crippen molar-refractivity contribution in [1.82, 2.24) is 0 Å². The van der Waals surface area contributed by atoms with Crippen LogP contribution < -0.4 is 0 Å². The highest BCUT2D eigenvalue weighted by atomic mass is 16.7. The third-order valence-electron chi connectivity index (χ3n) is 3.79. The molecule has 3 aromatic carbocycles. The Labute approximate surface area is 130 Å². The van der Waals surface area contributed by atoms with Crippen molar-refractivity contribution in [2.24, 2.45) is 4.99 Å². The molecule has 0 aliphatic carbocycles. The van der Waals surface area contributed by atoms with Crippen molar-refractivity contribution in [3.63, 3.8) is 0 Å². The van der Waals surface area contributed by atoms with Gasteiger partial charge in [0, 0.05) is 20.4 Å². The highest BCUT2D eigenvalue weighted by Gasteiger charge is 2.02. The molecule has 0 heterocycles. The van der Waals surface area contributed by atoms with Crippen LogP contribution >= 0.6 is 0 Å². The van der Waals surface area contributed by atoms with Crippen molar-refractivity contribution >= 4 is 27.8 Å². The molecule has 0 bridgehead atoms. The van der Waals surface area contributed by atoms with Gasteiger partial charge in [-0.2, -0.15) is 0 Å². The predicted octanol–water partition coefficient (Wildman–Crippen LogP) is 4.03. The molecule has 0 unspecified atom stereocenters. The Kier molecular flexibility index (Phi) is 4.47. The predicted molar refractivity (Wildman–Crippen MR) is 91.7 cm³/mol. The van der Waals surface area contributed by atoms with E-state index in [1.165, 1.54) is 21.5 Å². The van der Waals surface area contributed by atoms with Gasteiger partial charge in [-0.05, 0) is 33.2 Å². The van der Waals surface area contributed by atoms with Gasteiger partial charge in [0.15, 0.2) is 6.29 Å². The van der Waals surface area contributed by atoms with E-state index >= 15 is 0 Å². The summed E-state index contributed by atoms with van der Waals surface area (Å²) < 4.78 is 10.2. The lowest BCUT2D eigenvalue weighted by atomic mass is 10.0. The summed E-state index contributed by atoms with van der Waals surface area (Å²) in [5.41, 5.74) is 1.08. The summed E-state index contributed by atoms with van der Waals surface area (Å²) in [5.74, 6) is 0. The highest BCUT2D eigenvalue weighted by Crippen LogP contribution is 2.25. The Bertz CT molecular complexity index is 807. The molecule has 0 aliphatic heterocycles. The van der Waals surface area contributed by atoms with Gasteiger partial charge in [-0.25, -0.2) is 0 Å². The fourth-order valence-corrected chi connectivity index (χ4v) is 2.60. The first-order valence-electron chi connectivity index (χ1n) is 7.29. The van der Waals surface area contributed by atoms with E-state index in [9.17, 15) is 0 Å². The van der Waals surface area contributed by atoms with Crippen LogP contribution in [0.15, 0.2) is 59.6 Å². The van der Waals surface area contributed by atoms with E-state index in [1.54, 1.807) is 14.2 Å². The van der Waals surface area contributed by atoms with Crippen LogP contribution in [0.2, 0.25) is 0 Å². The molecule has 3 rings (SSSR count). The summed E-state index contributed by atoms with van der Waals surface area (Å²) in [6.07, 6.45) is 1.57. The van der Waals surface area contributed by atoms with Gasteiger partial charge in [0.25, 0.3) is 0 Å². The molecule has 3 nitrogen and oxygen atoms in total. The fourth-order valence-electron chi connectivity index (χ4n) is 2.60. The zero-order valence-electron chi connectivity index (χ0n) is 12.8. The standard InChI is InChI=1S/C19H19NO2/c1-21-19(22-2)13-20-12-14-7-10-18-16(11-14)9-8-15-5-3-4-6-17(15)18/h3-12,19H,13H2,1-2H3. The minimum Gasteiger partial charge on any atom is -0.354 e. The lowest BCUT2D eigenvalue weighted by Crippen LogP contribution is -2.16. The van der Waals surface area contributed by atoms with Crippen molar-refractivity contribution < 1.29 is 9.47 Å². The second kappa shape index (κ2) is 6.69. The quantitative estimate of drug-likeness (QED) is 0.404. The third-order valence-corrected chi connectivity index (χ3v) is 3.79. The smallest absolute Gasteiger partial charge is 0.176 e. The largest absolute Gasteiger partial charge is 0.354 e. The number of ether oxygens (including phenoxy) is 2. The maximum atomic E-state index is 5.12. The average Bonchev–Trinajstić information content (AvgIpc) is 2.58. The molecular formula is C19H19NO2. The molecule has 112 valence electrons. The molecule has 0 saturated carbocycles. The van der Waals surface area contributed by atoms with E-state index < -0.39 is 0 Å². The number of nitrogens with zero attached hydrogens (tertiary/aromatic N) is 1. The van der Waals surface area contributed by atoms with Crippen LogP contribution in [0.25, 0.3) is 21.5 Å². The molecule has 3 aromatic rings. The van der Waals surface area contributed by atoms with Crippen LogP contribution in [0.5, 0.6) is 0 Å². The molecule has 0 saturated heterocycles. The topological polar surface area (TPSA) is 30.8 Å². The third kappa shape index (κ3) is 3.01. The zero-order valence-corrected chi connectivity index (χ0v) is 12.8. The van der Waals surface area contributed by atoms with Gasteiger partial charge in [-0.15, -0.1) is 0 Å². The van der Waals surface area contributed by atoms with Gasteiger partial charge in [0.1, 0.15) is 0 Å². The van der Waals surface area contributed by atoms with Crippen molar-refractivity contribution in [2.45, 2.75) is 6.29 Å². The van der Waals surface area contributed by atoms with Gasteiger partial charge in [0.2, 0.25) is 0 Å². The minimum atomic E-state index is -0.291. The van der Waals surface area contributed by atoms with E-state index in [1.807, 2.05) is 6.21 Å². The molecule has 0 aromatic heterocycles. The highest BCUT2D eigenvalue weighted by molar-refractivity contribution is 6.08. The molecule has 3 heteroatoms. The summed E-state index contributed by atoms with van der Waals surface area (Å²) in [6, 6.07) is 19.2. The fraction of sp³-hybridized carbons (Fsp3) is 0.211. The van der Waals surface area contributed by atoms with E-state index in [0.29, 0.717) is 6.54 Å². The monoisotopic (exact) mass is 293 g/mol. The summed E-state index contributed by atoms with van der Waals surface area (Å²) >= 11 is 0. The molecule has 0 N–H and O–H groups in total. The van der Waals surface area contributed by atoms with Crippen LogP contribution in [0.4, 0.5) is 0 Å². The van der Waals surface area contributed by atoms with E-state index in [2.05, 4.69) is 59.6 Å². The van der Waals surface area contributed by atoms with Gasteiger partial charge in [-0.3, -0.25) is 4.99 Å². The number of rotatable bonds is 5. The summed E-state index contributed by atoms with van der Waals surface area (Å²) in [7, 11) is 3.23. The Hall–Kier alpha value is -2.23. The lowest BCUT2D eigenvalue weighted by molar-refractivity contribution is -0.0936. The Balaban J connectivity index is 1.90. The maximum absolute atomic E-state index is 5.12. The second-order valence-electron chi connectivity index (χ2n) is 5.16. The number of aliphatic imine (C=N–C) groups is 1. The first kappa shape index (κ1) is 14.7. The molecule has 0 fully saturated rings. The molecular weight excluding hydrogens is 274 g/mol. The first-order chi connectivity index (χ1) is 10.8. The minimum absolute atomic E-state index is 0.291. The van der Waals surface area contributed by atoms with Crippen molar-refractivity contribution in [3.8, 4) is 0 Å². The summed E-state index contributed by atoms with van der Waals surface area (Å²) in [4.78, 5) is 4.38. The molecule has 22 heavy (non-hydrogen) atoms. The second-order valence-corrected chi connectivity index (χ2v) is 5.16. The molecule has 0 atom stereocenters. The summed E-state index contributed by atoms with van der Waals surface area (Å²) in [6.45, 7) is 0.489. The average molecular weight is 293 g/mol. The Morgan fingerprint density at radius 3 is 2.45 bits per heavy atom. The normalized spacial score (nSPS) is 12.0. The molecule has 0 radical (unpaired) electrons. The van der Waals surface area contributed by atoms with Crippen LogP contribution in [0.1, 0.15) is 5.56 Å². The van der Waals surface area contributed by atoms with E-state index in [-0.39, 0.29) is 6.29 Å². The molecule has 0 aliphatic rings. The van der Waals surface area contributed by atoms with Crippen LogP contribution in [0, 0.1) is 0 Å². The number of hydrogen-bond acceptors (Lipinski definition) is 3. The lowest BCUT2D eigenvalue weighted by Gasteiger charge is -2.09. The number of hydrogen-bond donors (Lipinski definition) is 0. The molecule has 0 amide bonds. The summed E-state index contributed by atoms with van der Waals surface area (Å²) in [5, 5.41) is 5.03. The van der Waals surface area contributed by atoms with E-state index in [0.717, 1.165) is 5.56 Å². The number of methoxy groups -OCH3 is 2.